The van der Waals surface area contributed by atoms with Crippen molar-refractivity contribution in [3.63, 3.8) is 0 Å². The van der Waals surface area contributed by atoms with Crippen molar-refractivity contribution in [1.82, 2.24) is 0 Å². The van der Waals surface area contributed by atoms with Gasteiger partial charge in [-0.3, -0.25) is 4.79 Å². The summed E-state index contributed by atoms with van der Waals surface area (Å²) in [6.45, 7) is 4.71. The molecule has 0 radical (unpaired) electrons. The van der Waals surface area contributed by atoms with Gasteiger partial charge in [0.15, 0.2) is 0 Å². The normalized spacial score (nSPS) is 12.5. The fourth-order valence-corrected chi connectivity index (χ4v) is 2.43. The molecule has 19 heavy (non-hydrogen) atoms. The maximum atomic E-state index is 12.9. The van der Waals surface area contributed by atoms with E-state index in [1.807, 2.05) is 0 Å². The molecule has 1 aromatic carbocycles. The average Bonchev–Trinajstić information content (AvgIpc) is 2.31. The van der Waals surface area contributed by atoms with Crippen molar-refractivity contribution in [1.29, 1.82) is 0 Å². The van der Waals surface area contributed by atoms with E-state index in [4.69, 9.17) is 5.73 Å². The molecule has 1 amide bonds. The number of anilines is 1. The lowest BCUT2D eigenvalue weighted by atomic mass is 9.94. The van der Waals surface area contributed by atoms with Crippen molar-refractivity contribution in [3.05, 3.63) is 28.5 Å². The van der Waals surface area contributed by atoms with Crippen molar-refractivity contribution in [2.24, 2.45) is 17.6 Å². The second-order valence-electron chi connectivity index (χ2n) is 5.11. The quantitative estimate of drug-likeness (QED) is 0.838. The first kappa shape index (κ1) is 16.1. The number of carbonyl (C=O) groups excluding carboxylic acids is 1. The zero-order valence-electron chi connectivity index (χ0n) is 11.2. The van der Waals surface area contributed by atoms with Crippen LogP contribution in [0.25, 0.3) is 0 Å². The van der Waals surface area contributed by atoms with Gasteiger partial charge in [-0.05, 0) is 58.9 Å². The van der Waals surface area contributed by atoms with E-state index in [1.54, 1.807) is 0 Å². The highest BCUT2D eigenvalue weighted by Crippen LogP contribution is 2.24. The van der Waals surface area contributed by atoms with Crippen molar-refractivity contribution >= 4 is 27.5 Å². The summed E-state index contributed by atoms with van der Waals surface area (Å²) in [5.41, 5.74) is 6.25. The number of benzene rings is 1. The summed E-state index contributed by atoms with van der Waals surface area (Å²) in [7, 11) is 0. The molecule has 1 aromatic rings. The van der Waals surface area contributed by atoms with E-state index >= 15 is 0 Å². The topological polar surface area (TPSA) is 55.1 Å². The molecule has 0 fully saturated rings. The summed E-state index contributed by atoms with van der Waals surface area (Å²) in [5.74, 6) is 0.256. The van der Waals surface area contributed by atoms with Crippen molar-refractivity contribution in [3.8, 4) is 0 Å². The van der Waals surface area contributed by atoms with E-state index in [-0.39, 0.29) is 17.6 Å². The third-order valence-corrected chi connectivity index (χ3v) is 3.47. The predicted molar refractivity (Wildman–Crippen MR) is 79.3 cm³/mol. The first-order chi connectivity index (χ1) is 8.92. The largest absolute Gasteiger partial charge is 0.330 e. The Kier molecular flexibility index (Phi) is 6.45. The Balaban J connectivity index is 2.59. The van der Waals surface area contributed by atoms with E-state index in [2.05, 4.69) is 35.1 Å². The first-order valence-electron chi connectivity index (χ1n) is 6.37. The zero-order chi connectivity index (χ0) is 14.4. The third kappa shape index (κ3) is 5.70. The Hall–Kier alpha value is -0.940. The van der Waals surface area contributed by atoms with Gasteiger partial charge in [0.05, 0.1) is 5.69 Å². The van der Waals surface area contributed by atoms with Gasteiger partial charge < -0.3 is 11.1 Å². The molecule has 0 aliphatic rings. The number of nitrogens with two attached hydrogens (primary N) is 1. The van der Waals surface area contributed by atoms with E-state index in [0.29, 0.717) is 29.0 Å². The Morgan fingerprint density at radius 3 is 2.68 bits per heavy atom. The molecule has 1 atom stereocenters. The van der Waals surface area contributed by atoms with Gasteiger partial charge in [0.1, 0.15) is 5.82 Å². The molecular formula is C14H20BrFN2O. The molecule has 1 rings (SSSR count). The molecular weight excluding hydrogens is 311 g/mol. The van der Waals surface area contributed by atoms with Crippen LogP contribution in [0.5, 0.6) is 0 Å². The van der Waals surface area contributed by atoms with E-state index in [0.717, 1.165) is 6.42 Å². The molecule has 0 aliphatic heterocycles. The van der Waals surface area contributed by atoms with Gasteiger partial charge >= 0.3 is 0 Å². The molecule has 0 bridgehead atoms. The van der Waals surface area contributed by atoms with Crippen molar-refractivity contribution in [2.45, 2.75) is 26.7 Å². The van der Waals surface area contributed by atoms with Gasteiger partial charge in [0, 0.05) is 10.9 Å². The predicted octanol–water partition coefficient (Wildman–Crippen LogP) is 3.54. The molecule has 3 N–H and O–H groups in total. The monoisotopic (exact) mass is 330 g/mol. The minimum atomic E-state index is -0.343. The molecule has 0 heterocycles. The van der Waals surface area contributed by atoms with Crippen LogP contribution < -0.4 is 11.1 Å². The van der Waals surface area contributed by atoms with Gasteiger partial charge in [0.2, 0.25) is 5.91 Å². The second kappa shape index (κ2) is 7.60. The van der Waals surface area contributed by atoms with Gasteiger partial charge in [-0.15, -0.1) is 0 Å². The SMILES string of the molecule is CC(C)CC(CN)CC(=O)Nc1ccc(F)cc1Br. The number of rotatable bonds is 6. The van der Waals surface area contributed by atoms with Gasteiger partial charge in [-0.2, -0.15) is 0 Å². The average molecular weight is 331 g/mol. The Labute approximate surface area is 121 Å². The summed E-state index contributed by atoms with van der Waals surface area (Å²) in [4.78, 5) is 11.9. The van der Waals surface area contributed by atoms with Crippen LogP contribution in [-0.4, -0.2) is 12.5 Å². The van der Waals surface area contributed by atoms with Crippen LogP contribution >= 0.6 is 15.9 Å². The highest BCUT2D eigenvalue weighted by molar-refractivity contribution is 9.10. The maximum Gasteiger partial charge on any atom is 0.224 e. The van der Waals surface area contributed by atoms with Crippen LogP contribution in [0.15, 0.2) is 22.7 Å². The Morgan fingerprint density at radius 1 is 1.47 bits per heavy atom. The number of carbonyl (C=O) groups is 1. The molecule has 0 saturated heterocycles. The number of nitrogens with one attached hydrogen (secondary N) is 1. The lowest BCUT2D eigenvalue weighted by Crippen LogP contribution is -2.23. The highest BCUT2D eigenvalue weighted by Gasteiger charge is 2.15. The van der Waals surface area contributed by atoms with Crippen LogP contribution in [-0.2, 0) is 4.79 Å². The summed E-state index contributed by atoms with van der Waals surface area (Å²) in [5, 5.41) is 2.77. The van der Waals surface area contributed by atoms with Crippen LogP contribution in [0, 0.1) is 17.7 Å². The van der Waals surface area contributed by atoms with Gasteiger partial charge in [-0.1, -0.05) is 13.8 Å². The molecule has 0 saturated carbocycles. The van der Waals surface area contributed by atoms with Crippen LogP contribution in [0.2, 0.25) is 0 Å². The van der Waals surface area contributed by atoms with Crippen molar-refractivity contribution in [2.75, 3.05) is 11.9 Å². The zero-order valence-corrected chi connectivity index (χ0v) is 12.8. The molecule has 0 aromatic heterocycles. The fourth-order valence-electron chi connectivity index (χ4n) is 1.98. The highest BCUT2D eigenvalue weighted by atomic mass is 79.9. The van der Waals surface area contributed by atoms with E-state index < -0.39 is 0 Å². The van der Waals surface area contributed by atoms with Crippen LogP contribution in [0.4, 0.5) is 10.1 Å². The smallest absolute Gasteiger partial charge is 0.224 e. The Bertz CT molecular complexity index is 437. The lowest BCUT2D eigenvalue weighted by Gasteiger charge is -2.17. The standard InChI is InChI=1S/C14H20BrFN2O/c1-9(2)5-10(8-17)6-14(19)18-13-4-3-11(16)7-12(13)15/h3-4,7,9-10H,5-6,8,17H2,1-2H3,(H,18,19). The van der Waals surface area contributed by atoms with E-state index in [9.17, 15) is 9.18 Å². The summed E-state index contributed by atoms with van der Waals surface area (Å²) in [6, 6.07) is 4.18. The summed E-state index contributed by atoms with van der Waals surface area (Å²) < 4.78 is 13.5. The number of hydrogen-bond acceptors (Lipinski definition) is 2. The number of hydrogen-bond donors (Lipinski definition) is 2. The van der Waals surface area contributed by atoms with Gasteiger partial charge in [0.25, 0.3) is 0 Å². The molecule has 0 spiro atoms. The summed E-state index contributed by atoms with van der Waals surface area (Å²) >= 11 is 3.22. The molecule has 0 aliphatic carbocycles. The lowest BCUT2D eigenvalue weighted by molar-refractivity contribution is -0.117. The maximum absolute atomic E-state index is 12.9. The molecule has 3 nitrogen and oxygen atoms in total. The fraction of sp³-hybridized carbons (Fsp3) is 0.500. The molecule has 5 heteroatoms. The number of halogens is 2. The molecule has 106 valence electrons. The molecule has 1 unspecified atom stereocenters. The number of amides is 1. The van der Waals surface area contributed by atoms with Crippen molar-refractivity contribution < 1.29 is 9.18 Å². The minimum Gasteiger partial charge on any atom is -0.330 e. The van der Waals surface area contributed by atoms with Gasteiger partial charge in [-0.25, -0.2) is 4.39 Å². The third-order valence-electron chi connectivity index (χ3n) is 2.82. The summed E-state index contributed by atoms with van der Waals surface area (Å²) in [6.07, 6.45) is 1.31. The second-order valence-corrected chi connectivity index (χ2v) is 5.96. The van der Waals surface area contributed by atoms with Crippen LogP contribution in [0.3, 0.4) is 0 Å². The van der Waals surface area contributed by atoms with E-state index in [1.165, 1.54) is 18.2 Å². The van der Waals surface area contributed by atoms with Crippen LogP contribution in [0.1, 0.15) is 26.7 Å². The minimum absolute atomic E-state index is 0.0941. The first-order valence-corrected chi connectivity index (χ1v) is 7.16. The Morgan fingerprint density at radius 2 is 2.16 bits per heavy atom.